The van der Waals surface area contributed by atoms with E-state index < -0.39 is 16.8 Å². The Bertz CT molecular complexity index is 1050. The summed E-state index contributed by atoms with van der Waals surface area (Å²) >= 11 is 0. The topological polar surface area (TPSA) is 89.8 Å². The molecule has 1 heterocycles. The third-order valence-electron chi connectivity index (χ3n) is 4.80. The first kappa shape index (κ1) is 20.0. The Labute approximate surface area is 168 Å². The van der Waals surface area contributed by atoms with Crippen LogP contribution < -0.4 is 0 Å². The van der Waals surface area contributed by atoms with E-state index in [2.05, 4.69) is 0 Å². The first-order chi connectivity index (χ1) is 13.8. The Morgan fingerprint density at radius 2 is 1.79 bits per heavy atom. The second-order valence-electron chi connectivity index (χ2n) is 6.70. The lowest BCUT2D eigenvalue weighted by molar-refractivity contribution is -0.385. The van der Waals surface area contributed by atoms with E-state index in [1.807, 2.05) is 31.2 Å². The van der Waals surface area contributed by atoms with Crippen molar-refractivity contribution < 1.29 is 19.2 Å². The lowest BCUT2D eigenvalue weighted by Gasteiger charge is -2.18. The van der Waals surface area contributed by atoms with Crippen molar-refractivity contribution in [3.05, 3.63) is 92.2 Å². The van der Waals surface area contributed by atoms with E-state index in [0.29, 0.717) is 5.70 Å². The van der Waals surface area contributed by atoms with Crippen LogP contribution in [0.3, 0.4) is 0 Å². The van der Waals surface area contributed by atoms with Crippen LogP contribution in [-0.2, 0) is 20.9 Å². The molecule has 1 amide bonds. The molecule has 0 aliphatic carbocycles. The number of benzene rings is 2. The molecule has 1 aliphatic rings. The van der Waals surface area contributed by atoms with Crippen LogP contribution in [0.15, 0.2) is 65.4 Å². The van der Waals surface area contributed by atoms with Crippen LogP contribution in [0.4, 0.5) is 5.69 Å². The van der Waals surface area contributed by atoms with Gasteiger partial charge in [-0.25, -0.2) is 4.79 Å². The van der Waals surface area contributed by atoms with Gasteiger partial charge in [0.05, 0.1) is 35.3 Å². The van der Waals surface area contributed by atoms with Crippen molar-refractivity contribution in [3.8, 4) is 0 Å². The number of ether oxygens (including phenoxy) is 1. The number of nitro groups is 1. The van der Waals surface area contributed by atoms with E-state index in [9.17, 15) is 19.7 Å². The number of para-hydroxylation sites is 1. The summed E-state index contributed by atoms with van der Waals surface area (Å²) < 4.78 is 4.86. The third kappa shape index (κ3) is 3.94. The standard InChI is InChI=1S/C22H20N2O5/c1-14-8-10-16(11-9-14)13-23-15(2)20(22(26)29-3)18(21(23)25)12-17-6-4-5-7-19(17)24(27)28/h4-12H,13H2,1-3H3/b18-12+. The lowest BCUT2D eigenvalue weighted by atomic mass is 10.0. The molecular formula is C22H20N2O5. The van der Waals surface area contributed by atoms with Crippen molar-refractivity contribution in [1.82, 2.24) is 4.90 Å². The normalized spacial score (nSPS) is 15.2. The minimum Gasteiger partial charge on any atom is -0.465 e. The fourth-order valence-electron chi connectivity index (χ4n) is 3.23. The molecule has 0 saturated heterocycles. The summed E-state index contributed by atoms with van der Waals surface area (Å²) in [7, 11) is 1.23. The summed E-state index contributed by atoms with van der Waals surface area (Å²) in [6.07, 6.45) is 1.38. The molecule has 0 bridgehead atoms. The number of nitro benzene ring substituents is 1. The van der Waals surface area contributed by atoms with E-state index >= 15 is 0 Å². The van der Waals surface area contributed by atoms with Crippen molar-refractivity contribution in [2.24, 2.45) is 0 Å². The van der Waals surface area contributed by atoms with Crippen molar-refractivity contribution >= 4 is 23.6 Å². The molecule has 7 nitrogen and oxygen atoms in total. The van der Waals surface area contributed by atoms with Crippen LogP contribution in [-0.4, -0.2) is 28.8 Å². The van der Waals surface area contributed by atoms with E-state index in [0.717, 1.165) is 11.1 Å². The van der Waals surface area contributed by atoms with Gasteiger partial charge in [-0.15, -0.1) is 0 Å². The smallest absolute Gasteiger partial charge is 0.340 e. The van der Waals surface area contributed by atoms with Crippen molar-refractivity contribution in [1.29, 1.82) is 0 Å². The molecule has 0 spiro atoms. The number of rotatable bonds is 5. The molecule has 0 aromatic heterocycles. The van der Waals surface area contributed by atoms with Crippen LogP contribution in [0.25, 0.3) is 6.08 Å². The monoisotopic (exact) mass is 392 g/mol. The van der Waals surface area contributed by atoms with Crippen LogP contribution in [0.5, 0.6) is 0 Å². The number of allylic oxidation sites excluding steroid dienone is 1. The van der Waals surface area contributed by atoms with Crippen LogP contribution in [0, 0.1) is 17.0 Å². The zero-order valence-electron chi connectivity index (χ0n) is 16.3. The number of hydrogen-bond acceptors (Lipinski definition) is 5. The Balaban J connectivity index is 2.07. The van der Waals surface area contributed by atoms with Crippen LogP contribution >= 0.6 is 0 Å². The lowest BCUT2D eigenvalue weighted by Crippen LogP contribution is -2.24. The van der Waals surface area contributed by atoms with Gasteiger partial charge >= 0.3 is 5.97 Å². The van der Waals surface area contributed by atoms with Crippen molar-refractivity contribution in [2.45, 2.75) is 20.4 Å². The quantitative estimate of drug-likeness (QED) is 0.334. The molecule has 0 unspecified atom stereocenters. The number of carbonyl (C=O) groups is 2. The van der Waals surface area contributed by atoms with Crippen molar-refractivity contribution in [2.75, 3.05) is 7.11 Å². The van der Waals surface area contributed by atoms with E-state index in [4.69, 9.17) is 4.74 Å². The van der Waals surface area contributed by atoms with Gasteiger partial charge in [0.25, 0.3) is 11.6 Å². The van der Waals surface area contributed by atoms with Gasteiger partial charge in [0.2, 0.25) is 0 Å². The molecule has 2 aromatic rings. The second kappa shape index (κ2) is 8.10. The zero-order valence-corrected chi connectivity index (χ0v) is 16.3. The third-order valence-corrected chi connectivity index (χ3v) is 4.80. The second-order valence-corrected chi connectivity index (χ2v) is 6.70. The summed E-state index contributed by atoms with van der Waals surface area (Å²) in [5.74, 6) is -1.06. The number of hydrogen-bond donors (Lipinski definition) is 0. The van der Waals surface area contributed by atoms with E-state index in [1.54, 1.807) is 19.1 Å². The predicted molar refractivity (Wildman–Crippen MR) is 108 cm³/mol. The van der Waals surface area contributed by atoms with Gasteiger partial charge < -0.3 is 9.64 Å². The summed E-state index contributed by atoms with van der Waals surface area (Å²) in [6.45, 7) is 3.91. The molecule has 148 valence electrons. The molecule has 3 rings (SSSR count). The summed E-state index contributed by atoms with van der Waals surface area (Å²) in [4.78, 5) is 37.8. The van der Waals surface area contributed by atoms with Crippen LogP contribution in [0.1, 0.15) is 23.6 Å². The maximum absolute atomic E-state index is 13.1. The maximum atomic E-state index is 13.1. The summed E-state index contributed by atoms with van der Waals surface area (Å²) in [6, 6.07) is 13.8. The molecule has 0 fully saturated rings. The van der Waals surface area contributed by atoms with Crippen molar-refractivity contribution in [3.63, 3.8) is 0 Å². The van der Waals surface area contributed by atoms with Crippen LogP contribution in [0.2, 0.25) is 0 Å². The number of carbonyl (C=O) groups excluding carboxylic acids is 2. The first-order valence-corrected chi connectivity index (χ1v) is 8.95. The molecule has 1 aliphatic heterocycles. The molecular weight excluding hydrogens is 372 g/mol. The minimum atomic E-state index is -0.660. The van der Waals surface area contributed by atoms with Gasteiger partial charge in [0.1, 0.15) is 0 Å². The fourth-order valence-corrected chi connectivity index (χ4v) is 3.23. The summed E-state index contributed by atoms with van der Waals surface area (Å²) in [5.41, 5.74) is 2.74. The Morgan fingerprint density at radius 1 is 1.14 bits per heavy atom. The highest BCUT2D eigenvalue weighted by molar-refractivity contribution is 6.16. The highest BCUT2D eigenvalue weighted by Gasteiger charge is 2.37. The number of esters is 1. The average molecular weight is 392 g/mol. The molecule has 0 atom stereocenters. The highest BCUT2D eigenvalue weighted by atomic mass is 16.6. The van der Waals surface area contributed by atoms with Gasteiger partial charge in [-0.1, -0.05) is 42.0 Å². The minimum absolute atomic E-state index is 0.0794. The predicted octanol–water partition coefficient (Wildman–Crippen LogP) is 3.78. The molecule has 0 N–H and O–H groups in total. The molecule has 0 saturated carbocycles. The zero-order chi connectivity index (χ0) is 21.1. The largest absolute Gasteiger partial charge is 0.465 e. The average Bonchev–Trinajstić information content (AvgIpc) is 2.93. The van der Waals surface area contributed by atoms with E-state index in [1.165, 1.54) is 30.2 Å². The molecule has 2 aromatic carbocycles. The first-order valence-electron chi connectivity index (χ1n) is 8.95. The van der Waals surface area contributed by atoms with Gasteiger partial charge in [0.15, 0.2) is 0 Å². The summed E-state index contributed by atoms with van der Waals surface area (Å²) in [5, 5.41) is 11.3. The molecule has 7 heteroatoms. The number of amides is 1. The Morgan fingerprint density at radius 3 is 2.41 bits per heavy atom. The number of nitrogens with zero attached hydrogens (tertiary/aromatic N) is 2. The van der Waals surface area contributed by atoms with Gasteiger partial charge in [-0.2, -0.15) is 0 Å². The molecule has 29 heavy (non-hydrogen) atoms. The van der Waals surface area contributed by atoms with Gasteiger partial charge in [0, 0.05) is 11.8 Å². The number of aryl methyl sites for hydroxylation is 1. The number of methoxy groups -OCH3 is 1. The Hall–Kier alpha value is -3.74. The van der Waals surface area contributed by atoms with E-state index in [-0.39, 0.29) is 28.9 Å². The highest BCUT2D eigenvalue weighted by Crippen LogP contribution is 2.34. The SMILES string of the molecule is COC(=O)C1=C(C)N(Cc2ccc(C)cc2)C(=O)/C1=C/c1ccccc1[N+](=O)[O-]. The Kier molecular flexibility index (Phi) is 5.59. The fraction of sp³-hybridized carbons (Fsp3) is 0.182. The van der Waals surface area contributed by atoms with Gasteiger partial charge in [-0.3, -0.25) is 14.9 Å². The maximum Gasteiger partial charge on any atom is 0.340 e. The molecule has 0 radical (unpaired) electrons. The van der Waals surface area contributed by atoms with Gasteiger partial charge in [-0.05, 0) is 31.6 Å².